The van der Waals surface area contributed by atoms with E-state index in [1.807, 2.05) is 6.07 Å². The summed E-state index contributed by atoms with van der Waals surface area (Å²) in [6.07, 6.45) is 4.74. The number of piperazine rings is 1. The smallest absolute Gasteiger partial charge is 0.274 e. The number of piperidine rings is 1. The second kappa shape index (κ2) is 7.80. The molecule has 1 aromatic rings. The van der Waals surface area contributed by atoms with Crippen LogP contribution in [0.2, 0.25) is 0 Å². The van der Waals surface area contributed by atoms with Gasteiger partial charge < -0.3 is 14.7 Å². The Morgan fingerprint density at radius 3 is 2.36 bits per heavy atom. The van der Waals surface area contributed by atoms with Crippen LogP contribution in [-0.2, 0) is 4.79 Å². The third kappa shape index (κ3) is 3.91. The molecule has 1 unspecified atom stereocenters. The molecule has 3 rings (SSSR count). The molecule has 3 heterocycles. The van der Waals surface area contributed by atoms with E-state index in [4.69, 9.17) is 0 Å². The Morgan fingerprint density at radius 2 is 1.76 bits per heavy atom. The van der Waals surface area contributed by atoms with Gasteiger partial charge in [0.15, 0.2) is 11.5 Å². The topological polar surface area (TPSA) is 69.6 Å². The van der Waals surface area contributed by atoms with E-state index < -0.39 is 0 Å². The molecule has 0 spiro atoms. The molecular formula is C18H27N5O2. The first-order chi connectivity index (χ1) is 12.1. The molecule has 0 N–H and O–H groups in total. The predicted molar refractivity (Wildman–Crippen MR) is 95.5 cm³/mol. The molecule has 7 heteroatoms. The predicted octanol–water partition coefficient (Wildman–Crippen LogP) is 1.55. The van der Waals surface area contributed by atoms with Gasteiger partial charge in [-0.15, -0.1) is 10.2 Å². The first kappa shape index (κ1) is 17.6. The Morgan fingerprint density at radius 1 is 1.04 bits per heavy atom. The summed E-state index contributed by atoms with van der Waals surface area (Å²) < 4.78 is 0. The van der Waals surface area contributed by atoms with Gasteiger partial charge in [0.1, 0.15) is 0 Å². The number of amides is 2. The van der Waals surface area contributed by atoms with E-state index >= 15 is 0 Å². The summed E-state index contributed by atoms with van der Waals surface area (Å²) in [4.78, 5) is 29.8. The molecule has 2 fully saturated rings. The minimum Gasteiger partial charge on any atom is -0.352 e. The fourth-order valence-corrected chi connectivity index (χ4v) is 3.71. The van der Waals surface area contributed by atoms with Gasteiger partial charge in [0.2, 0.25) is 5.91 Å². The standard InChI is InChI=1S/C18H27N5O2/c1-3-15-6-4-5-9-23(15)17-8-7-16(19-20-17)18(25)22-12-10-21(11-13-22)14(2)24/h7-8,15H,3-6,9-13H2,1-2H3. The Kier molecular flexibility index (Phi) is 5.50. The maximum atomic E-state index is 12.6. The van der Waals surface area contributed by atoms with E-state index in [9.17, 15) is 9.59 Å². The van der Waals surface area contributed by atoms with Crippen LogP contribution in [0.5, 0.6) is 0 Å². The summed E-state index contributed by atoms with van der Waals surface area (Å²) >= 11 is 0. The van der Waals surface area contributed by atoms with Crippen molar-refractivity contribution in [2.24, 2.45) is 0 Å². The molecule has 2 amide bonds. The van der Waals surface area contributed by atoms with Crippen molar-refractivity contribution in [1.82, 2.24) is 20.0 Å². The third-order valence-corrected chi connectivity index (χ3v) is 5.27. The van der Waals surface area contributed by atoms with Crippen molar-refractivity contribution in [3.63, 3.8) is 0 Å². The lowest BCUT2D eigenvalue weighted by Gasteiger charge is -2.36. The van der Waals surface area contributed by atoms with Crippen molar-refractivity contribution in [1.29, 1.82) is 0 Å². The van der Waals surface area contributed by atoms with Crippen LogP contribution >= 0.6 is 0 Å². The Hall–Kier alpha value is -2.18. The maximum absolute atomic E-state index is 12.6. The molecular weight excluding hydrogens is 318 g/mol. The Labute approximate surface area is 149 Å². The van der Waals surface area contributed by atoms with Gasteiger partial charge in [-0.05, 0) is 37.8 Å². The lowest BCUT2D eigenvalue weighted by atomic mass is 10.0. The van der Waals surface area contributed by atoms with Crippen LogP contribution in [0.1, 0.15) is 50.0 Å². The molecule has 0 bridgehead atoms. The zero-order chi connectivity index (χ0) is 17.8. The number of nitrogens with zero attached hydrogens (tertiary/aromatic N) is 5. The van der Waals surface area contributed by atoms with Gasteiger partial charge in [0.05, 0.1) is 0 Å². The summed E-state index contributed by atoms with van der Waals surface area (Å²) in [7, 11) is 0. The molecule has 1 aromatic heterocycles. The number of hydrogen-bond acceptors (Lipinski definition) is 5. The molecule has 136 valence electrons. The van der Waals surface area contributed by atoms with Gasteiger partial charge in [0, 0.05) is 45.7 Å². The van der Waals surface area contributed by atoms with E-state index in [0.717, 1.165) is 18.8 Å². The molecule has 0 aliphatic carbocycles. The van der Waals surface area contributed by atoms with Gasteiger partial charge >= 0.3 is 0 Å². The van der Waals surface area contributed by atoms with Crippen LogP contribution in [0.25, 0.3) is 0 Å². The lowest BCUT2D eigenvalue weighted by molar-refractivity contribution is -0.130. The fourth-order valence-electron chi connectivity index (χ4n) is 3.71. The molecule has 0 aromatic carbocycles. The quantitative estimate of drug-likeness (QED) is 0.831. The van der Waals surface area contributed by atoms with Crippen LogP contribution in [0.3, 0.4) is 0 Å². The number of hydrogen-bond donors (Lipinski definition) is 0. The van der Waals surface area contributed by atoms with Crippen LogP contribution < -0.4 is 4.90 Å². The monoisotopic (exact) mass is 345 g/mol. The lowest BCUT2D eigenvalue weighted by Crippen LogP contribution is -2.50. The summed E-state index contributed by atoms with van der Waals surface area (Å²) in [5, 5.41) is 8.51. The van der Waals surface area contributed by atoms with E-state index in [0.29, 0.717) is 37.9 Å². The van der Waals surface area contributed by atoms with Crippen LogP contribution in [0.4, 0.5) is 5.82 Å². The first-order valence-corrected chi connectivity index (χ1v) is 9.25. The van der Waals surface area contributed by atoms with Crippen molar-refractivity contribution >= 4 is 17.6 Å². The van der Waals surface area contributed by atoms with Gasteiger partial charge in [0.25, 0.3) is 5.91 Å². The number of aromatic nitrogens is 2. The second-order valence-electron chi connectivity index (χ2n) is 6.83. The molecule has 25 heavy (non-hydrogen) atoms. The SMILES string of the molecule is CCC1CCCCN1c1ccc(C(=O)N2CCN(C(C)=O)CC2)nn1. The van der Waals surface area contributed by atoms with Crippen LogP contribution in [0.15, 0.2) is 12.1 Å². The minimum absolute atomic E-state index is 0.0586. The fraction of sp³-hybridized carbons (Fsp3) is 0.667. The molecule has 1 atom stereocenters. The summed E-state index contributed by atoms with van der Waals surface area (Å²) in [6, 6.07) is 4.22. The van der Waals surface area contributed by atoms with Crippen molar-refractivity contribution < 1.29 is 9.59 Å². The highest BCUT2D eigenvalue weighted by Crippen LogP contribution is 2.24. The van der Waals surface area contributed by atoms with Crippen molar-refractivity contribution in [3.8, 4) is 0 Å². The van der Waals surface area contributed by atoms with E-state index in [1.54, 1.807) is 22.8 Å². The van der Waals surface area contributed by atoms with Crippen molar-refractivity contribution in [3.05, 3.63) is 17.8 Å². The average Bonchev–Trinajstić information content (AvgIpc) is 2.67. The maximum Gasteiger partial charge on any atom is 0.274 e. The van der Waals surface area contributed by atoms with Gasteiger partial charge in [-0.25, -0.2) is 0 Å². The summed E-state index contributed by atoms with van der Waals surface area (Å²) in [5.74, 6) is 0.820. The first-order valence-electron chi connectivity index (χ1n) is 9.25. The molecule has 0 radical (unpaired) electrons. The molecule has 2 aliphatic heterocycles. The zero-order valence-corrected chi connectivity index (χ0v) is 15.1. The van der Waals surface area contributed by atoms with Gasteiger partial charge in [-0.3, -0.25) is 9.59 Å². The van der Waals surface area contributed by atoms with Crippen LogP contribution in [0, 0.1) is 0 Å². The number of rotatable bonds is 3. The van der Waals surface area contributed by atoms with Gasteiger partial charge in [-0.1, -0.05) is 6.92 Å². The summed E-state index contributed by atoms with van der Waals surface area (Å²) in [6.45, 7) is 7.03. The van der Waals surface area contributed by atoms with E-state index in [2.05, 4.69) is 22.0 Å². The molecule has 7 nitrogen and oxygen atoms in total. The average molecular weight is 345 g/mol. The van der Waals surface area contributed by atoms with E-state index in [1.165, 1.54) is 19.3 Å². The minimum atomic E-state index is -0.104. The Balaban J connectivity index is 1.64. The highest BCUT2D eigenvalue weighted by Gasteiger charge is 2.26. The highest BCUT2D eigenvalue weighted by molar-refractivity contribution is 5.92. The Bertz CT molecular complexity index is 610. The summed E-state index contributed by atoms with van der Waals surface area (Å²) in [5.41, 5.74) is 0.380. The van der Waals surface area contributed by atoms with Crippen molar-refractivity contribution in [2.75, 3.05) is 37.6 Å². The largest absolute Gasteiger partial charge is 0.352 e. The number of carbonyl (C=O) groups is 2. The zero-order valence-electron chi connectivity index (χ0n) is 15.1. The van der Waals surface area contributed by atoms with Crippen molar-refractivity contribution in [2.45, 2.75) is 45.6 Å². The number of anilines is 1. The highest BCUT2D eigenvalue weighted by atomic mass is 16.2. The van der Waals surface area contributed by atoms with Crippen LogP contribution in [-0.4, -0.2) is 70.6 Å². The molecule has 0 saturated carbocycles. The molecule has 2 aliphatic rings. The normalized spacial score (nSPS) is 21.4. The second-order valence-corrected chi connectivity index (χ2v) is 6.83. The van der Waals surface area contributed by atoms with E-state index in [-0.39, 0.29) is 11.8 Å². The van der Waals surface area contributed by atoms with Gasteiger partial charge in [-0.2, -0.15) is 0 Å². The third-order valence-electron chi connectivity index (χ3n) is 5.27. The molecule has 2 saturated heterocycles. The number of carbonyl (C=O) groups excluding carboxylic acids is 2.